The molecule has 14 heavy (non-hydrogen) atoms. The molecule has 1 amide bonds. The minimum atomic E-state index is -0.0314. The fourth-order valence-corrected chi connectivity index (χ4v) is 1.71. The van der Waals surface area contributed by atoms with Crippen LogP contribution in [0.1, 0.15) is 17.4 Å². The van der Waals surface area contributed by atoms with Gasteiger partial charge in [0.25, 0.3) is 0 Å². The highest BCUT2D eigenvalue weighted by Crippen LogP contribution is 2.15. The number of carbonyl (C=O) groups is 1. The Morgan fingerprint density at radius 3 is 3.14 bits per heavy atom. The van der Waals surface area contributed by atoms with E-state index in [1.54, 1.807) is 11.3 Å². The summed E-state index contributed by atoms with van der Waals surface area (Å²) in [5.41, 5.74) is 6.23. The van der Waals surface area contributed by atoms with E-state index in [4.69, 9.17) is 5.73 Å². The van der Waals surface area contributed by atoms with Gasteiger partial charge >= 0.3 is 0 Å². The Morgan fingerprint density at radius 2 is 2.50 bits per heavy atom. The molecule has 3 nitrogen and oxygen atoms in total. The van der Waals surface area contributed by atoms with E-state index in [0.29, 0.717) is 13.1 Å². The van der Waals surface area contributed by atoms with E-state index in [2.05, 4.69) is 17.2 Å². The zero-order valence-corrected chi connectivity index (χ0v) is 8.78. The normalized spacial score (nSPS) is 9.00. The van der Waals surface area contributed by atoms with Crippen LogP contribution in [0, 0.1) is 11.8 Å². The average molecular weight is 208 g/mol. The van der Waals surface area contributed by atoms with Crippen LogP contribution in [0.25, 0.3) is 0 Å². The molecule has 74 valence electrons. The van der Waals surface area contributed by atoms with E-state index < -0.39 is 0 Å². The number of amides is 1. The Bertz CT molecular complexity index is 373. The molecule has 1 heterocycles. The topological polar surface area (TPSA) is 55.1 Å². The number of rotatable bonds is 2. The number of carbonyl (C=O) groups excluding carboxylic acids is 1. The molecule has 1 aromatic rings. The van der Waals surface area contributed by atoms with Gasteiger partial charge in [0.05, 0.1) is 13.1 Å². The maximum Gasteiger partial charge on any atom is 0.217 e. The first-order chi connectivity index (χ1) is 6.74. The number of hydrogen-bond donors (Lipinski definition) is 2. The van der Waals surface area contributed by atoms with Crippen molar-refractivity contribution in [3.05, 3.63) is 21.9 Å². The van der Waals surface area contributed by atoms with Crippen molar-refractivity contribution in [1.82, 2.24) is 5.32 Å². The third-order valence-corrected chi connectivity index (χ3v) is 2.49. The third kappa shape index (κ3) is 3.21. The molecule has 0 atom stereocenters. The molecule has 0 aliphatic rings. The smallest absolute Gasteiger partial charge is 0.217 e. The molecule has 0 aromatic carbocycles. The molecular formula is C10H12N2OS. The standard InChI is InChI=1S/C10H12N2OS/c1-8(13)12-7-10-9(3-2-5-11)4-6-14-10/h4,6H,5,7,11H2,1H3,(H,12,13). The minimum absolute atomic E-state index is 0.0314. The van der Waals surface area contributed by atoms with Gasteiger partial charge < -0.3 is 11.1 Å². The van der Waals surface area contributed by atoms with E-state index in [0.717, 1.165) is 10.4 Å². The fourth-order valence-electron chi connectivity index (χ4n) is 0.940. The summed E-state index contributed by atoms with van der Waals surface area (Å²) < 4.78 is 0. The van der Waals surface area contributed by atoms with Gasteiger partial charge in [0.15, 0.2) is 0 Å². The summed E-state index contributed by atoms with van der Waals surface area (Å²) in [5, 5.41) is 4.69. The highest BCUT2D eigenvalue weighted by molar-refractivity contribution is 7.10. The van der Waals surface area contributed by atoms with E-state index in [-0.39, 0.29) is 5.91 Å². The van der Waals surface area contributed by atoms with Gasteiger partial charge in [0.2, 0.25) is 5.91 Å². The SMILES string of the molecule is CC(=O)NCc1sccc1C#CCN. The molecule has 0 radical (unpaired) electrons. The van der Waals surface area contributed by atoms with Gasteiger partial charge in [-0.25, -0.2) is 0 Å². The first-order valence-electron chi connectivity index (χ1n) is 4.23. The van der Waals surface area contributed by atoms with Gasteiger partial charge in [0.1, 0.15) is 0 Å². The van der Waals surface area contributed by atoms with Crippen molar-refractivity contribution in [3.8, 4) is 11.8 Å². The molecule has 0 bridgehead atoms. The predicted octanol–water partition coefficient (Wildman–Crippen LogP) is 0.694. The van der Waals surface area contributed by atoms with Gasteiger partial charge in [-0.3, -0.25) is 4.79 Å². The summed E-state index contributed by atoms with van der Waals surface area (Å²) in [4.78, 5) is 11.8. The maximum absolute atomic E-state index is 10.7. The van der Waals surface area contributed by atoms with E-state index >= 15 is 0 Å². The van der Waals surface area contributed by atoms with Crippen LogP contribution < -0.4 is 11.1 Å². The third-order valence-electron chi connectivity index (χ3n) is 1.57. The molecule has 0 saturated carbocycles. The fraction of sp³-hybridized carbons (Fsp3) is 0.300. The molecule has 0 saturated heterocycles. The molecule has 0 spiro atoms. The van der Waals surface area contributed by atoms with E-state index in [1.165, 1.54) is 6.92 Å². The van der Waals surface area contributed by atoms with E-state index in [1.807, 2.05) is 11.4 Å². The van der Waals surface area contributed by atoms with Crippen molar-refractivity contribution in [2.24, 2.45) is 5.73 Å². The number of nitrogens with one attached hydrogen (secondary N) is 1. The van der Waals surface area contributed by atoms with Gasteiger partial charge in [-0.05, 0) is 11.4 Å². The van der Waals surface area contributed by atoms with Crippen molar-refractivity contribution >= 4 is 17.2 Å². The Balaban J connectivity index is 2.67. The molecule has 1 aromatic heterocycles. The maximum atomic E-state index is 10.7. The van der Waals surface area contributed by atoms with Crippen LogP contribution in [-0.4, -0.2) is 12.5 Å². The Hall–Kier alpha value is -1.31. The predicted molar refractivity (Wildman–Crippen MR) is 57.8 cm³/mol. The van der Waals surface area contributed by atoms with Crippen LogP contribution in [0.3, 0.4) is 0 Å². The Morgan fingerprint density at radius 1 is 1.71 bits per heavy atom. The molecule has 3 N–H and O–H groups in total. The number of nitrogens with two attached hydrogens (primary N) is 1. The van der Waals surface area contributed by atoms with Gasteiger partial charge in [-0.2, -0.15) is 0 Å². The molecule has 4 heteroatoms. The van der Waals surface area contributed by atoms with E-state index in [9.17, 15) is 4.79 Å². The minimum Gasteiger partial charge on any atom is -0.351 e. The zero-order chi connectivity index (χ0) is 10.4. The van der Waals surface area contributed by atoms with Crippen LogP contribution >= 0.6 is 11.3 Å². The highest BCUT2D eigenvalue weighted by atomic mass is 32.1. The lowest BCUT2D eigenvalue weighted by Crippen LogP contribution is -2.18. The summed E-state index contributed by atoms with van der Waals surface area (Å²) >= 11 is 1.58. The van der Waals surface area contributed by atoms with Crippen LogP contribution in [0.15, 0.2) is 11.4 Å². The number of hydrogen-bond acceptors (Lipinski definition) is 3. The summed E-state index contributed by atoms with van der Waals surface area (Å²) in [6.45, 7) is 2.40. The van der Waals surface area contributed by atoms with Crippen molar-refractivity contribution in [1.29, 1.82) is 0 Å². The van der Waals surface area contributed by atoms with Crippen molar-refractivity contribution in [2.45, 2.75) is 13.5 Å². The molecule has 0 aliphatic heterocycles. The summed E-state index contributed by atoms with van der Waals surface area (Å²) in [6, 6.07) is 1.93. The lowest BCUT2D eigenvalue weighted by molar-refractivity contribution is -0.119. The second-order valence-corrected chi connectivity index (χ2v) is 3.67. The van der Waals surface area contributed by atoms with Crippen LogP contribution in [-0.2, 0) is 11.3 Å². The van der Waals surface area contributed by atoms with Crippen LogP contribution in [0.2, 0.25) is 0 Å². The summed E-state index contributed by atoms with van der Waals surface area (Å²) in [7, 11) is 0. The number of thiophene rings is 1. The molecule has 0 unspecified atom stereocenters. The van der Waals surface area contributed by atoms with Gasteiger partial charge in [0, 0.05) is 17.4 Å². The Kier molecular flexibility index (Phi) is 4.17. The molecular weight excluding hydrogens is 196 g/mol. The molecule has 1 rings (SSSR count). The van der Waals surface area contributed by atoms with Crippen molar-refractivity contribution in [3.63, 3.8) is 0 Å². The highest BCUT2D eigenvalue weighted by Gasteiger charge is 2.01. The zero-order valence-electron chi connectivity index (χ0n) is 7.96. The molecule has 0 aliphatic carbocycles. The first-order valence-corrected chi connectivity index (χ1v) is 5.11. The largest absolute Gasteiger partial charge is 0.351 e. The van der Waals surface area contributed by atoms with Crippen LogP contribution in [0.5, 0.6) is 0 Å². The molecule has 0 fully saturated rings. The average Bonchev–Trinajstić information content (AvgIpc) is 2.58. The summed E-state index contributed by atoms with van der Waals surface area (Å²) in [5.74, 6) is 5.72. The summed E-state index contributed by atoms with van der Waals surface area (Å²) in [6.07, 6.45) is 0. The Labute approximate surface area is 87.3 Å². The second-order valence-electron chi connectivity index (χ2n) is 2.67. The quantitative estimate of drug-likeness (QED) is 0.703. The lowest BCUT2D eigenvalue weighted by atomic mass is 10.2. The monoisotopic (exact) mass is 208 g/mol. The van der Waals surface area contributed by atoms with Crippen molar-refractivity contribution in [2.75, 3.05) is 6.54 Å². The second kappa shape index (κ2) is 5.43. The van der Waals surface area contributed by atoms with Gasteiger partial charge in [-0.1, -0.05) is 11.8 Å². The lowest BCUT2D eigenvalue weighted by Gasteiger charge is -1.99. The van der Waals surface area contributed by atoms with Crippen molar-refractivity contribution < 1.29 is 4.79 Å². The van der Waals surface area contributed by atoms with Crippen LogP contribution in [0.4, 0.5) is 0 Å². The van der Waals surface area contributed by atoms with Gasteiger partial charge in [-0.15, -0.1) is 11.3 Å². The first kappa shape index (κ1) is 10.8.